The Hall–Kier alpha value is -2.84. The largest absolute Gasteiger partial charge is 0.369 e. The molecule has 116 valence electrons. The molecule has 0 radical (unpaired) electrons. The molecular formula is C18H18N4O. The van der Waals surface area contributed by atoms with Crippen molar-refractivity contribution in [2.45, 2.75) is 0 Å². The number of carbonyl (C=O) groups is 1. The molecule has 2 aromatic carbocycles. The van der Waals surface area contributed by atoms with Crippen LogP contribution in [0.3, 0.4) is 0 Å². The van der Waals surface area contributed by atoms with Gasteiger partial charge in [0.15, 0.2) is 0 Å². The number of hydrogen-bond donors (Lipinski definition) is 2. The molecule has 5 nitrogen and oxygen atoms in total. The number of hydrogen-bond acceptors (Lipinski definition) is 4. The molecule has 1 aliphatic rings. The average molecular weight is 306 g/mol. The number of nitrogens with one attached hydrogen (secondary N) is 2. The number of carbonyl (C=O) groups excluding carboxylic acids is 1. The lowest BCUT2D eigenvalue weighted by Crippen LogP contribution is -2.43. The Morgan fingerprint density at radius 3 is 2.30 bits per heavy atom. The van der Waals surface area contributed by atoms with Crippen molar-refractivity contribution in [2.75, 3.05) is 36.4 Å². The average Bonchev–Trinajstić information content (AvgIpc) is 2.63. The van der Waals surface area contributed by atoms with Gasteiger partial charge in [0.1, 0.15) is 0 Å². The third-order valence-electron chi connectivity index (χ3n) is 3.88. The van der Waals surface area contributed by atoms with Crippen molar-refractivity contribution in [3.8, 4) is 6.07 Å². The molecule has 2 aromatic rings. The van der Waals surface area contributed by atoms with Crippen LogP contribution in [0.2, 0.25) is 0 Å². The van der Waals surface area contributed by atoms with E-state index in [1.165, 1.54) is 0 Å². The highest BCUT2D eigenvalue weighted by molar-refractivity contribution is 6.04. The molecule has 0 bridgehead atoms. The van der Waals surface area contributed by atoms with Crippen molar-refractivity contribution in [3.05, 3.63) is 59.7 Å². The molecule has 23 heavy (non-hydrogen) atoms. The number of amides is 1. The number of nitrogens with zero attached hydrogens (tertiary/aromatic N) is 2. The van der Waals surface area contributed by atoms with Gasteiger partial charge >= 0.3 is 0 Å². The molecule has 0 saturated carbocycles. The summed E-state index contributed by atoms with van der Waals surface area (Å²) in [6, 6.07) is 16.5. The summed E-state index contributed by atoms with van der Waals surface area (Å²) in [5.74, 6) is -0.151. The monoisotopic (exact) mass is 306 g/mol. The summed E-state index contributed by atoms with van der Waals surface area (Å²) in [5.41, 5.74) is 3.01. The predicted octanol–water partition coefficient (Wildman–Crippen LogP) is 2.22. The first-order valence-electron chi connectivity index (χ1n) is 7.63. The Morgan fingerprint density at radius 1 is 1.04 bits per heavy atom. The fraction of sp³-hybridized carbons (Fsp3) is 0.222. The minimum Gasteiger partial charge on any atom is -0.369 e. The van der Waals surface area contributed by atoms with E-state index in [9.17, 15) is 4.79 Å². The highest BCUT2D eigenvalue weighted by Gasteiger charge is 2.11. The van der Waals surface area contributed by atoms with Gasteiger partial charge in [-0.1, -0.05) is 0 Å². The maximum Gasteiger partial charge on any atom is 0.255 e. The summed E-state index contributed by atoms with van der Waals surface area (Å²) in [5, 5.41) is 14.9. The van der Waals surface area contributed by atoms with E-state index < -0.39 is 0 Å². The second-order valence-electron chi connectivity index (χ2n) is 5.43. The molecule has 1 saturated heterocycles. The summed E-state index contributed by atoms with van der Waals surface area (Å²) >= 11 is 0. The Bertz CT molecular complexity index is 710. The highest BCUT2D eigenvalue weighted by Crippen LogP contribution is 2.17. The summed E-state index contributed by atoms with van der Waals surface area (Å²) in [4.78, 5) is 14.6. The Balaban J connectivity index is 1.66. The zero-order valence-electron chi connectivity index (χ0n) is 12.7. The van der Waals surface area contributed by atoms with Crippen LogP contribution in [-0.2, 0) is 0 Å². The van der Waals surface area contributed by atoms with E-state index in [-0.39, 0.29) is 5.91 Å². The minimum absolute atomic E-state index is 0.151. The molecule has 1 fully saturated rings. The highest BCUT2D eigenvalue weighted by atomic mass is 16.1. The van der Waals surface area contributed by atoms with Gasteiger partial charge < -0.3 is 15.5 Å². The molecule has 1 amide bonds. The number of rotatable bonds is 3. The standard InChI is InChI=1S/C18H18N4O/c19-13-14-1-5-16(6-2-14)21-18(23)15-3-7-17(8-4-15)22-11-9-20-10-12-22/h1-8,20H,9-12H2,(H,21,23). The zero-order chi connectivity index (χ0) is 16.1. The predicted molar refractivity (Wildman–Crippen MR) is 90.6 cm³/mol. The van der Waals surface area contributed by atoms with E-state index >= 15 is 0 Å². The van der Waals surface area contributed by atoms with Crippen LogP contribution in [0.15, 0.2) is 48.5 Å². The fourth-order valence-electron chi connectivity index (χ4n) is 2.58. The van der Waals surface area contributed by atoms with E-state index in [1.807, 2.05) is 24.3 Å². The van der Waals surface area contributed by atoms with Crippen LogP contribution in [0, 0.1) is 11.3 Å². The Labute approximate surface area is 135 Å². The third-order valence-corrected chi connectivity index (χ3v) is 3.88. The molecule has 1 aliphatic heterocycles. The number of benzene rings is 2. The van der Waals surface area contributed by atoms with Gasteiger partial charge in [-0.3, -0.25) is 4.79 Å². The van der Waals surface area contributed by atoms with Crippen LogP contribution in [0.25, 0.3) is 0 Å². The summed E-state index contributed by atoms with van der Waals surface area (Å²) in [6.07, 6.45) is 0. The minimum atomic E-state index is -0.151. The zero-order valence-corrected chi connectivity index (χ0v) is 12.7. The third kappa shape index (κ3) is 3.68. The molecule has 0 aliphatic carbocycles. The lowest BCUT2D eigenvalue weighted by atomic mass is 10.1. The van der Waals surface area contributed by atoms with Crippen molar-refractivity contribution >= 4 is 17.3 Å². The lowest BCUT2D eigenvalue weighted by molar-refractivity contribution is 0.102. The Morgan fingerprint density at radius 2 is 1.70 bits per heavy atom. The van der Waals surface area contributed by atoms with E-state index in [1.54, 1.807) is 24.3 Å². The summed E-state index contributed by atoms with van der Waals surface area (Å²) < 4.78 is 0. The molecule has 2 N–H and O–H groups in total. The SMILES string of the molecule is N#Cc1ccc(NC(=O)c2ccc(N3CCNCC3)cc2)cc1. The van der Waals surface area contributed by atoms with Crippen molar-refractivity contribution in [1.29, 1.82) is 5.26 Å². The van der Waals surface area contributed by atoms with Crippen molar-refractivity contribution in [1.82, 2.24) is 5.32 Å². The molecule has 0 aromatic heterocycles. The van der Waals surface area contributed by atoms with E-state index in [0.29, 0.717) is 16.8 Å². The van der Waals surface area contributed by atoms with Gasteiger partial charge in [-0.2, -0.15) is 5.26 Å². The van der Waals surface area contributed by atoms with Gasteiger partial charge in [-0.05, 0) is 48.5 Å². The van der Waals surface area contributed by atoms with E-state index in [0.717, 1.165) is 31.9 Å². The molecule has 0 unspecified atom stereocenters. The first-order valence-corrected chi connectivity index (χ1v) is 7.63. The van der Waals surface area contributed by atoms with Crippen LogP contribution < -0.4 is 15.5 Å². The second-order valence-corrected chi connectivity index (χ2v) is 5.43. The van der Waals surface area contributed by atoms with Crippen LogP contribution in [-0.4, -0.2) is 32.1 Å². The normalized spacial score (nSPS) is 14.1. The van der Waals surface area contributed by atoms with Gasteiger partial charge in [-0.25, -0.2) is 0 Å². The van der Waals surface area contributed by atoms with Gasteiger partial charge in [-0.15, -0.1) is 0 Å². The smallest absolute Gasteiger partial charge is 0.255 e. The molecule has 0 spiro atoms. The summed E-state index contributed by atoms with van der Waals surface area (Å²) in [7, 11) is 0. The van der Waals surface area contributed by atoms with Crippen LogP contribution >= 0.6 is 0 Å². The second kappa shape index (κ2) is 6.95. The molecule has 1 heterocycles. The van der Waals surface area contributed by atoms with Crippen molar-refractivity contribution in [3.63, 3.8) is 0 Å². The van der Waals surface area contributed by atoms with Crippen molar-refractivity contribution < 1.29 is 4.79 Å². The number of nitriles is 1. The van der Waals surface area contributed by atoms with E-state index in [4.69, 9.17) is 5.26 Å². The molecular weight excluding hydrogens is 288 g/mol. The Kier molecular flexibility index (Phi) is 4.55. The molecule has 3 rings (SSSR count). The topological polar surface area (TPSA) is 68.2 Å². The maximum atomic E-state index is 12.3. The maximum absolute atomic E-state index is 12.3. The van der Waals surface area contributed by atoms with Gasteiger partial charge in [0.25, 0.3) is 5.91 Å². The first kappa shape index (κ1) is 15.1. The van der Waals surface area contributed by atoms with E-state index in [2.05, 4.69) is 21.6 Å². The lowest BCUT2D eigenvalue weighted by Gasteiger charge is -2.29. The number of anilines is 2. The molecule has 0 atom stereocenters. The van der Waals surface area contributed by atoms with Crippen LogP contribution in [0.1, 0.15) is 15.9 Å². The van der Waals surface area contributed by atoms with Gasteiger partial charge in [0.2, 0.25) is 0 Å². The van der Waals surface area contributed by atoms with Crippen LogP contribution in [0.5, 0.6) is 0 Å². The summed E-state index contributed by atoms with van der Waals surface area (Å²) in [6.45, 7) is 3.94. The molecule has 5 heteroatoms. The van der Waals surface area contributed by atoms with Gasteiger partial charge in [0.05, 0.1) is 11.6 Å². The number of piperazine rings is 1. The fourth-order valence-corrected chi connectivity index (χ4v) is 2.58. The first-order chi connectivity index (χ1) is 11.3. The van der Waals surface area contributed by atoms with Crippen molar-refractivity contribution in [2.24, 2.45) is 0 Å². The van der Waals surface area contributed by atoms with Crippen LogP contribution in [0.4, 0.5) is 11.4 Å². The quantitative estimate of drug-likeness (QED) is 0.912. The van der Waals surface area contributed by atoms with Gasteiger partial charge in [0, 0.05) is 43.1 Å².